The number of hydrogen-bond acceptors (Lipinski definition) is 7. The monoisotopic (exact) mass is 340 g/mol. The molecule has 4 aromatic rings. The van der Waals surface area contributed by atoms with E-state index < -0.39 is 0 Å². The van der Waals surface area contributed by atoms with Crippen molar-refractivity contribution in [3.8, 4) is 11.5 Å². The van der Waals surface area contributed by atoms with E-state index in [1.54, 1.807) is 29.4 Å². The molecule has 1 atom stereocenters. The summed E-state index contributed by atoms with van der Waals surface area (Å²) in [6.07, 6.45) is 1.59. The summed E-state index contributed by atoms with van der Waals surface area (Å²) < 4.78 is 6.90. The van der Waals surface area contributed by atoms with E-state index in [0.29, 0.717) is 11.8 Å². The van der Waals surface area contributed by atoms with Gasteiger partial charge in [0.1, 0.15) is 11.4 Å². The molecule has 0 aliphatic rings. The minimum absolute atomic E-state index is 0.0140. The van der Waals surface area contributed by atoms with E-state index in [2.05, 4.69) is 20.2 Å². The van der Waals surface area contributed by atoms with Gasteiger partial charge in [-0.3, -0.25) is 0 Å². The summed E-state index contributed by atoms with van der Waals surface area (Å²) in [6, 6.07) is 11.8. The summed E-state index contributed by atoms with van der Waals surface area (Å²) in [6.45, 7) is 2.04. The minimum Gasteiger partial charge on any atom is -0.419 e. The highest BCUT2D eigenvalue weighted by Crippen LogP contribution is 2.38. The van der Waals surface area contributed by atoms with Crippen LogP contribution in [0.25, 0.3) is 21.7 Å². The van der Waals surface area contributed by atoms with E-state index in [9.17, 15) is 0 Å². The molecule has 4 rings (SSSR count). The molecule has 3 aromatic heterocycles. The van der Waals surface area contributed by atoms with Crippen molar-refractivity contribution in [2.24, 2.45) is 0 Å². The van der Waals surface area contributed by atoms with E-state index in [-0.39, 0.29) is 5.25 Å². The predicted molar refractivity (Wildman–Crippen MR) is 91.4 cm³/mol. The Morgan fingerprint density at radius 1 is 1.09 bits per heavy atom. The molecule has 23 heavy (non-hydrogen) atoms. The predicted octanol–water partition coefficient (Wildman–Crippen LogP) is 4.59. The minimum atomic E-state index is 0.0140. The first kappa shape index (κ1) is 14.3. The molecule has 0 saturated carbocycles. The Morgan fingerprint density at radius 3 is 2.83 bits per heavy atom. The fourth-order valence-electron chi connectivity index (χ4n) is 2.16. The lowest BCUT2D eigenvalue weighted by atomic mass is 10.2. The van der Waals surface area contributed by atoms with Crippen molar-refractivity contribution in [2.45, 2.75) is 17.2 Å². The van der Waals surface area contributed by atoms with Crippen LogP contribution in [0, 0.1) is 0 Å². The number of benzene rings is 1. The fourth-order valence-corrected chi connectivity index (χ4v) is 4.03. The summed E-state index contributed by atoms with van der Waals surface area (Å²) in [5.74, 6) is 1.13. The van der Waals surface area contributed by atoms with Crippen LogP contribution in [0.15, 0.2) is 57.5 Å². The molecule has 0 fully saturated rings. The molecule has 1 unspecified atom stereocenters. The summed E-state index contributed by atoms with van der Waals surface area (Å²) in [5.41, 5.74) is 1.89. The standard InChI is InChI=1S/C16H12N4OS2/c1-10(23-16-13-12(7-8-22-13)17-9-18-16)14-19-20-15(21-14)11-5-3-2-4-6-11/h2-10H,1H3. The number of thiophene rings is 1. The van der Waals surface area contributed by atoms with Crippen molar-refractivity contribution in [3.63, 3.8) is 0 Å². The van der Waals surface area contributed by atoms with Crippen molar-refractivity contribution in [3.05, 3.63) is 54.0 Å². The molecular weight excluding hydrogens is 328 g/mol. The molecule has 0 bridgehead atoms. The van der Waals surface area contributed by atoms with E-state index in [4.69, 9.17) is 4.42 Å². The summed E-state index contributed by atoms with van der Waals surface area (Å²) in [5, 5.41) is 11.3. The molecule has 0 radical (unpaired) electrons. The lowest BCUT2D eigenvalue weighted by molar-refractivity contribution is 0.509. The van der Waals surface area contributed by atoms with Gasteiger partial charge in [-0.15, -0.1) is 21.5 Å². The zero-order chi connectivity index (χ0) is 15.6. The van der Waals surface area contributed by atoms with Crippen molar-refractivity contribution in [1.82, 2.24) is 20.2 Å². The second-order valence-corrected chi connectivity index (χ2v) is 7.13. The number of thioether (sulfide) groups is 1. The molecule has 0 aliphatic heterocycles. The van der Waals surface area contributed by atoms with E-state index in [0.717, 1.165) is 20.8 Å². The molecule has 114 valence electrons. The number of hydrogen-bond donors (Lipinski definition) is 0. The molecule has 0 aliphatic carbocycles. The third kappa shape index (κ3) is 2.85. The third-order valence-corrected chi connectivity index (χ3v) is 5.44. The molecule has 5 nitrogen and oxygen atoms in total. The van der Waals surface area contributed by atoms with E-state index in [1.165, 1.54) is 0 Å². The van der Waals surface area contributed by atoms with Crippen LogP contribution < -0.4 is 0 Å². The van der Waals surface area contributed by atoms with Gasteiger partial charge in [0, 0.05) is 5.56 Å². The number of rotatable bonds is 4. The van der Waals surface area contributed by atoms with Gasteiger partial charge in [-0.05, 0) is 30.5 Å². The Labute approximate surface area is 140 Å². The van der Waals surface area contributed by atoms with Crippen molar-refractivity contribution in [2.75, 3.05) is 0 Å². The fraction of sp³-hybridized carbons (Fsp3) is 0.125. The lowest BCUT2D eigenvalue weighted by Gasteiger charge is -2.06. The van der Waals surface area contributed by atoms with Crippen LogP contribution in [0.3, 0.4) is 0 Å². The van der Waals surface area contributed by atoms with Crippen molar-refractivity contribution >= 4 is 33.3 Å². The highest BCUT2D eigenvalue weighted by Gasteiger charge is 2.18. The van der Waals surface area contributed by atoms with Gasteiger partial charge in [-0.2, -0.15) is 0 Å². The number of aromatic nitrogens is 4. The van der Waals surface area contributed by atoms with Crippen LogP contribution in [-0.2, 0) is 0 Å². The van der Waals surface area contributed by atoms with Crippen molar-refractivity contribution < 1.29 is 4.42 Å². The Hall–Kier alpha value is -2.25. The second-order valence-electron chi connectivity index (χ2n) is 4.89. The van der Waals surface area contributed by atoms with Gasteiger partial charge in [0.2, 0.25) is 11.8 Å². The molecule has 1 aromatic carbocycles. The first-order valence-corrected chi connectivity index (χ1v) is 8.81. The van der Waals surface area contributed by atoms with Gasteiger partial charge in [0.05, 0.1) is 15.5 Å². The van der Waals surface area contributed by atoms with Crippen molar-refractivity contribution in [1.29, 1.82) is 0 Å². The van der Waals surface area contributed by atoms with Gasteiger partial charge in [0.25, 0.3) is 0 Å². The maximum absolute atomic E-state index is 5.81. The maximum atomic E-state index is 5.81. The van der Waals surface area contributed by atoms with E-state index >= 15 is 0 Å². The second kappa shape index (κ2) is 6.10. The maximum Gasteiger partial charge on any atom is 0.247 e. The SMILES string of the molecule is CC(Sc1ncnc2ccsc12)c1nnc(-c2ccccc2)o1. The van der Waals surface area contributed by atoms with Crippen LogP contribution in [-0.4, -0.2) is 20.2 Å². The highest BCUT2D eigenvalue weighted by molar-refractivity contribution is 7.99. The third-order valence-electron chi connectivity index (χ3n) is 3.31. The zero-order valence-electron chi connectivity index (χ0n) is 12.2. The Kier molecular flexibility index (Phi) is 3.80. The van der Waals surface area contributed by atoms with Gasteiger partial charge >= 0.3 is 0 Å². The first-order chi connectivity index (χ1) is 11.3. The Morgan fingerprint density at radius 2 is 1.96 bits per heavy atom. The summed E-state index contributed by atoms with van der Waals surface area (Å²) in [7, 11) is 0. The van der Waals surface area contributed by atoms with Crippen LogP contribution in [0.5, 0.6) is 0 Å². The summed E-state index contributed by atoms with van der Waals surface area (Å²) in [4.78, 5) is 8.64. The van der Waals surface area contributed by atoms with Crippen LogP contribution in [0.2, 0.25) is 0 Å². The highest BCUT2D eigenvalue weighted by atomic mass is 32.2. The Balaban J connectivity index is 1.59. The lowest BCUT2D eigenvalue weighted by Crippen LogP contribution is -1.91. The smallest absolute Gasteiger partial charge is 0.247 e. The largest absolute Gasteiger partial charge is 0.419 e. The average Bonchev–Trinajstić information content (AvgIpc) is 3.25. The first-order valence-electron chi connectivity index (χ1n) is 7.05. The molecule has 0 spiro atoms. The average molecular weight is 340 g/mol. The molecular formula is C16H12N4OS2. The topological polar surface area (TPSA) is 64.7 Å². The zero-order valence-corrected chi connectivity index (χ0v) is 13.8. The quantitative estimate of drug-likeness (QED) is 0.400. The molecule has 0 amide bonds. The van der Waals surface area contributed by atoms with E-state index in [1.807, 2.05) is 48.7 Å². The van der Waals surface area contributed by atoms with Gasteiger partial charge in [-0.25, -0.2) is 9.97 Å². The normalized spacial score (nSPS) is 12.6. The molecule has 0 N–H and O–H groups in total. The molecule has 3 heterocycles. The Bertz CT molecular complexity index is 935. The number of nitrogens with zero attached hydrogens (tertiary/aromatic N) is 4. The van der Waals surface area contributed by atoms with Gasteiger partial charge in [-0.1, -0.05) is 30.0 Å². The molecule has 0 saturated heterocycles. The molecule has 7 heteroatoms. The van der Waals surface area contributed by atoms with Crippen LogP contribution >= 0.6 is 23.1 Å². The summed E-state index contributed by atoms with van der Waals surface area (Å²) >= 11 is 3.24. The van der Waals surface area contributed by atoms with Crippen LogP contribution in [0.1, 0.15) is 18.1 Å². The van der Waals surface area contributed by atoms with Gasteiger partial charge in [0.15, 0.2) is 0 Å². The van der Waals surface area contributed by atoms with Gasteiger partial charge < -0.3 is 4.42 Å². The number of fused-ring (bicyclic) bond motifs is 1. The van der Waals surface area contributed by atoms with Crippen LogP contribution in [0.4, 0.5) is 0 Å².